The van der Waals surface area contributed by atoms with Crippen LogP contribution in [0.4, 0.5) is 4.39 Å². The molecule has 3 aliphatic rings. The summed E-state index contributed by atoms with van der Waals surface area (Å²) in [7, 11) is 0. The SMILES string of the molecule is C[C@]12CCC3c4ccc(O)cc4C[C@@H](CCF)C3C1CC[C@@H]2O. The molecule has 2 saturated carbocycles. The number of aliphatic hydroxyl groups is 1. The van der Waals surface area contributed by atoms with E-state index in [2.05, 4.69) is 13.0 Å². The Morgan fingerprint density at radius 2 is 2.09 bits per heavy atom. The van der Waals surface area contributed by atoms with Crippen LogP contribution in [-0.4, -0.2) is 23.0 Å². The van der Waals surface area contributed by atoms with Crippen LogP contribution in [0.1, 0.15) is 56.1 Å². The van der Waals surface area contributed by atoms with Crippen molar-refractivity contribution in [2.45, 2.75) is 57.5 Å². The third kappa shape index (κ3) is 2.23. The predicted molar refractivity (Wildman–Crippen MR) is 88.2 cm³/mol. The zero-order chi connectivity index (χ0) is 16.2. The van der Waals surface area contributed by atoms with Crippen molar-refractivity contribution < 1.29 is 14.6 Å². The highest BCUT2D eigenvalue weighted by molar-refractivity contribution is 5.40. The van der Waals surface area contributed by atoms with Gasteiger partial charge in [-0.05, 0) is 90.9 Å². The fourth-order valence-electron chi connectivity index (χ4n) is 6.17. The van der Waals surface area contributed by atoms with Crippen LogP contribution in [0.2, 0.25) is 0 Å². The van der Waals surface area contributed by atoms with Crippen molar-refractivity contribution in [1.82, 2.24) is 0 Å². The molecule has 1 aromatic carbocycles. The lowest BCUT2D eigenvalue weighted by molar-refractivity contribution is -0.0400. The number of fused-ring (bicyclic) bond motifs is 5. The van der Waals surface area contributed by atoms with Gasteiger partial charge in [0, 0.05) is 0 Å². The fraction of sp³-hybridized carbons (Fsp3) is 0.700. The number of rotatable bonds is 2. The first-order valence-corrected chi connectivity index (χ1v) is 9.10. The van der Waals surface area contributed by atoms with Gasteiger partial charge in [0.2, 0.25) is 0 Å². The van der Waals surface area contributed by atoms with Crippen molar-refractivity contribution in [2.75, 3.05) is 6.67 Å². The standard InChI is InChI=1S/C20H27FO2/c1-20-8-6-16-15-3-2-14(22)11-13(15)10-12(7-9-21)19(16)17(20)4-5-18(20)23/h2-3,11-12,16-19,22-23H,4-10H2,1H3/t12-,16?,17?,18+,19?,20+/m1/s1. The van der Waals surface area contributed by atoms with E-state index in [4.69, 9.17) is 0 Å². The Balaban J connectivity index is 1.76. The number of benzene rings is 1. The smallest absolute Gasteiger partial charge is 0.115 e. The quantitative estimate of drug-likeness (QED) is 0.858. The minimum atomic E-state index is -0.270. The molecule has 1 aromatic rings. The summed E-state index contributed by atoms with van der Waals surface area (Å²) < 4.78 is 13.2. The van der Waals surface area contributed by atoms with Gasteiger partial charge < -0.3 is 10.2 Å². The molecule has 0 amide bonds. The van der Waals surface area contributed by atoms with E-state index in [-0.39, 0.29) is 18.2 Å². The Bertz CT molecular complexity index is 601. The molecule has 0 heterocycles. The average molecular weight is 318 g/mol. The Morgan fingerprint density at radius 3 is 2.87 bits per heavy atom. The molecule has 0 bridgehead atoms. The summed E-state index contributed by atoms with van der Waals surface area (Å²) in [5, 5.41) is 20.3. The zero-order valence-electron chi connectivity index (χ0n) is 13.8. The van der Waals surface area contributed by atoms with Gasteiger partial charge >= 0.3 is 0 Å². The van der Waals surface area contributed by atoms with Gasteiger partial charge in [0.25, 0.3) is 0 Å². The Hall–Kier alpha value is -1.09. The van der Waals surface area contributed by atoms with Crippen LogP contribution in [0.15, 0.2) is 18.2 Å². The van der Waals surface area contributed by atoms with Crippen molar-refractivity contribution in [1.29, 1.82) is 0 Å². The molecule has 4 rings (SSSR count). The van der Waals surface area contributed by atoms with Crippen LogP contribution < -0.4 is 0 Å². The number of hydrogen-bond donors (Lipinski definition) is 2. The monoisotopic (exact) mass is 318 g/mol. The lowest BCUT2D eigenvalue weighted by atomic mass is 9.52. The van der Waals surface area contributed by atoms with E-state index in [9.17, 15) is 14.6 Å². The van der Waals surface area contributed by atoms with Gasteiger partial charge in [-0.15, -0.1) is 0 Å². The highest BCUT2D eigenvalue weighted by Gasteiger charge is 2.56. The van der Waals surface area contributed by atoms with E-state index in [1.54, 1.807) is 6.07 Å². The van der Waals surface area contributed by atoms with E-state index >= 15 is 0 Å². The summed E-state index contributed by atoms with van der Waals surface area (Å²) in [6.45, 7) is 1.98. The largest absolute Gasteiger partial charge is 0.508 e. The van der Waals surface area contributed by atoms with Gasteiger partial charge in [0.1, 0.15) is 5.75 Å². The first kappa shape index (κ1) is 15.4. The molecule has 0 spiro atoms. The van der Waals surface area contributed by atoms with Crippen molar-refractivity contribution >= 4 is 0 Å². The lowest BCUT2D eigenvalue weighted by Gasteiger charge is -2.53. The maximum Gasteiger partial charge on any atom is 0.115 e. The predicted octanol–water partition coefficient (Wildman–Crippen LogP) is 4.19. The Kier molecular flexibility index (Phi) is 3.67. The highest BCUT2D eigenvalue weighted by Crippen LogP contribution is 2.62. The van der Waals surface area contributed by atoms with Crippen molar-refractivity contribution in [3.63, 3.8) is 0 Å². The van der Waals surface area contributed by atoms with Crippen molar-refractivity contribution in [3.05, 3.63) is 29.3 Å². The summed E-state index contributed by atoms with van der Waals surface area (Å²) >= 11 is 0. The third-order valence-electron chi connectivity index (χ3n) is 7.32. The minimum absolute atomic E-state index is 0.0180. The van der Waals surface area contributed by atoms with Gasteiger partial charge in [0.05, 0.1) is 12.8 Å². The second-order valence-corrected chi connectivity index (χ2v) is 8.25. The average Bonchev–Trinajstić information content (AvgIpc) is 2.83. The number of halogens is 1. The highest BCUT2D eigenvalue weighted by atomic mass is 19.1. The molecule has 0 aromatic heterocycles. The van der Waals surface area contributed by atoms with Crippen molar-refractivity contribution in [2.24, 2.45) is 23.2 Å². The van der Waals surface area contributed by atoms with Crippen molar-refractivity contribution in [3.8, 4) is 5.75 Å². The van der Waals surface area contributed by atoms with Gasteiger partial charge in [-0.3, -0.25) is 4.39 Å². The number of phenolic OH excluding ortho intramolecular Hbond substituents is 1. The number of hydrogen-bond acceptors (Lipinski definition) is 2. The summed E-state index contributed by atoms with van der Waals surface area (Å²) in [6.07, 6.45) is 5.40. The van der Waals surface area contributed by atoms with Crippen LogP contribution in [0, 0.1) is 23.2 Å². The summed E-state index contributed by atoms with van der Waals surface area (Å²) in [5.41, 5.74) is 2.60. The topological polar surface area (TPSA) is 40.5 Å². The van der Waals surface area contributed by atoms with E-state index in [1.807, 2.05) is 6.07 Å². The second-order valence-electron chi connectivity index (χ2n) is 8.25. The molecular weight excluding hydrogens is 291 g/mol. The molecule has 3 unspecified atom stereocenters. The first-order chi connectivity index (χ1) is 11.0. The zero-order valence-corrected chi connectivity index (χ0v) is 13.8. The van der Waals surface area contributed by atoms with E-state index in [1.165, 1.54) is 11.1 Å². The van der Waals surface area contributed by atoms with Crippen LogP contribution in [0.5, 0.6) is 5.75 Å². The van der Waals surface area contributed by atoms with Gasteiger partial charge in [-0.25, -0.2) is 0 Å². The molecule has 2 nitrogen and oxygen atoms in total. The van der Waals surface area contributed by atoms with Crippen LogP contribution >= 0.6 is 0 Å². The molecule has 3 heteroatoms. The molecule has 0 aliphatic heterocycles. The fourth-order valence-corrected chi connectivity index (χ4v) is 6.17. The Labute approximate surface area is 137 Å². The Morgan fingerprint density at radius 1 is 1.26 bits per heavy atom. The summed E-state index contributed by atoms with van der Waals surface area (Å²) in [5.74, 6) is 2.13. The summed E-state index contributed by atoms with van der Waals surface area (Å²) in [6, 6.07) is 5.76. The van der Waals surface area contributed by atoms with Gasteiger partial charge in [-0.2, -0.15) is 0 Å². The van der Waals surface area contributed by atoms with E-state index in [0.717, 1.165) is 32.1 Å². The number of aromatic hydroxyl groups is 1. The van der Waals surface area contributed by atoms with Gasteiger partial charge in [-0.1, -0.05) is 13.0 Å². The lowest BCUT2D eigenvalue weighted by Crippen LogP contribution is -2.47. The van der Waals surface area contributed by atoms with E-state index in [0.29, 0.717) is 35.8 Å². The molecular formula is C20H27FO2. The molecule has 6 atom stereocenters. The van der Waals surface area contributed by atoms with Crippen LogP contribution in [0.3, 0.4) is 0 Å². The van der Waals surface area contributed by atoms with Crippen LogP contribution in [-0.2, 0) is 6.42 Å². The molecule has 3 aliphatic carbocycles. The van der Waals surface area contributed by atoms with Gasteiger partial charge in [0.15, 0.2) is 0 Å². The number of alkyl halides is 1. The number of phenols is 1. The molecule has 23 heavy (non-hydrogen) atoms. The van der Waals surface area contributed by atoms with E-state index < -0.39 is 0 Å². The molecule has 0 radical (unpaired) electrons. The van der Waals surface area contributed by atoms with Crippen LogP contribution in [0.25, 0.3) is 0 Å². The maximum atomic E-state index is 13.2. The third-order valence-corrected chi connectivity index (χ3v) is 7.32. The molecule has 2 fully saturated rings. The number of aliphatic hydroxyl groups excluding tert-OH is 1. The minimum Gasteiger partial charge on any atom is -0.508 e. The molecule has 0 saturated heterocycles. The maximum absolute atomic E-state index is 13.2. The summed E-state index contributed by atoms with van der Waals surface area (Å²) in [4.78, 5) is 0. The normalized spacial score (nSPS) is 42.0. The first-order valence-electron chi connectivity index (χ1n) is 9.10. The molecule has 2 N–H and O–H groups in total. The molecule has 126 valence electrons. The second kappa shape index (κ2) is 5.47.